The van der Waals surface area contributed by atoms with Gasteiger partial charge < -0.3 is 0 Å². The second-order valence-corrected chi connectivity index (χ2v) is 6.72. The Morgan fingerprint density at radius 2 is 1.58 bits per heavy atom. The van der Waals surface area contributed by atoms with Crippen molar-refractivity contribution in [2.24, 2.45) is 0 Å². The van der Waals surface area contributed by atoms with E-state index in [1.807, 2.05) is 6.92 Å². The summed E-state index contributed by atoms with van der Waals surface area (Å²) in [4.78, 5) is 19.4. The van der Waals surface area contributed by atoms with Gasteiger partial charge in [-0.25, -0.2) is 8.42 Å². The highest BCUT2D eigenvalue weighted by Gasteiger charge is 2.28. The molecule has 0 bridgehead atoms. The maximum Gasteiger partial charge on any atom is 0.296 e. The maximum absolute atomic E-state index is 12.4. The van der Waals surface area contributed by atoms with Crippen LogP contribution in [-0.2, 0) is 10.0 Å². The number of nitrogens with zero attached hydrogens (tertiary/aromatic N) is 2. The predicted molar refractivity (Wildman–Crippen MR) is 86.5 cm³/mol. The Morgan fingerprint density at radius 1 is 0.917 bits per heavy atom. The van der Waals surface area contributed by atoms with Crippen molar-refractivity contribution in [3.63, 3.8) is 0 Å². The van der Waals surface area contributed by atoms with Crippen LogP contribution in [0, 0.1) is 34.1 Å². The zero-order valence-electron chi connectivity index (χ0n) is 12.7. The van der Waals surface area contributed by atoms with E-state index >= 15 is 0 Å². The van der Waals surface area contributed by atoms with Crippen LogP contribution < -0.4 is 4.72 Å². The molecule has 0 fully saturated rings. The minimum atomic E-state index is -4.28. The molecule has 1 N–H and O–H groups in total. The third-order valence-electron chi connectivity index (χ3n) is 3.40. The maximum atomic E-state index is 12.4. The zero-order valence-corrected chi connectivity index (χ0v) is 13.5. The average molecular weight is 351 g/mol. The van der Waals surface area contributed by atoms with Gasteiger partial charge in [0.15, 0.2) is 4.90 Å². The van der Waals surface area contributed by atoms with Crippen LogP contribution in [0.2, 0.25) is 0 Å². The smallest absolute Gasteiger partial charge is 0.279 e. The van der Waals surface area contributed by atoms with Crippen molar-refractivity contribution in [1.29, 1.82) is 0 Å². The Balaban J connectivity index is 2.50. The zero-order chi connectivity index (χ0) is 18.1. The molecule has 0 saturated carbocycles. The molecule has 10 heteroatoms. The van der Waals surface area contributed by atoms with Crippen LogP contribution in [0.3, 0.4) is 0 Å². The van der Waals surface area contributed by atoms with Gasteiger partial charge in [0.05, 0.1) is 15.9 Å². The van der Waals surface area contributed by atoms with Crippen LogP contribution in [0.1, 0.15) is 11.1 Å². The van der Waals surface area contributed by atoms with Gasteiger partial charge in [-0.2, -0.15) is 0 Å². The lowest BCUT2D eigenvalue weighted by Gasteiger charge is -2.10. The molecule has 9 nitrogen and oxygen atoms in total. The number of aryl methyl sites for hydroxylation is 2. The van der Waals surface area contributed by atoms with Gasteiger partial charge in [-0.3, -0.25) is 25.0 Å². The second-order valence-electron chi connectivity index (χ2n) is 5.07. The number of hydrogen-bond acceptors (Lipinski definition) is 6. The number of non-ortho nitro benzene ring substituents is 1. The van der Waals surface area contributed by atoms with E-state index in [1.165, 1.54) is 6.07 Å². The summed E-state index contributed by atoms with van der Waals surface area (Å²) in [5.74, 6) is 0. The Labute approximate surface area is 137 Å². The van der Waals surface area contributed by atoms with Crippen LogP contribution in [0.5, 0.6) is 0 Å². The summed E-state index contributed by atoms with van der Waals surface area (Å²) in [5, 5.41) is 21.8. The number of nitrogens with one attached hydrogen (secondary N) is 1. The summed E-state index contributed by atoms with van der Waals surface area (Å²) in [6, 6.07) is 7.19. The summed E-state index contributed by atoms with van der Waals surface area (Å²) in [7, 11) is -4.28. The summed E-state index contributed by atoms with van der Waals surface area (Å²) in [6.07, 6.45) is 0. The molecule has 0 aromatic heterocycles. The third-order valence-corrected chi connectivity index (χ3v) is 4.83. The Hall–Kier alpha value is -3.01. The molecule has 0 aliphatic heterocycles. The number of benzene rings is 2. The van der Waals surface area contributed by atoms with Gasteiger partial charge in [0.1, 0.15) is 0 Å². The molecule has 0 heterocycles. The first kappa shape index (κ1) is 17.3. The topological polar surface area (TPSA) is 132 Å². The van der Waals surface area contributed by atoms with Crippen molar-refractivity contribution >= 4 is 27.1 Å². The van der Waals surface area contributed by atoms with Crippen molar-refractivity contribution in [3.05, 3.63) is 67.8 Å². The fraction of sp³-hybridized carbons (Fsp3) is 0.143. The first-order chi connectivity index (χ1) is 11.1. The molecule has 0 amide bonds. The van der Waals surface area contributed by atoms with Gasteiger partial charge in [0.2, 0.25) is 0 Å². The monoisotopic (exact) mass is 351 g/mol. The van der Waals surface area contributed by atoms with Gasteiger partial charge in [-0.15, -0.1) is 0 Å². The van der Waals surface area contributed by atoms with Crippen LogP contribution in [-0.4, -0.2) is 18.3 Å². The van der Waals surface area contributed by atoms with Gasteiger partial charge in [0, 0.05) is 11.8 Å². The third kappa shape index (κ3) is 3.49. The lowest BCUT2D eigenvalue weighted by Crippen LogP contribution is -2.15. The van der Waals surface area contributed by atoms with E-state index in [4.69, 9.17) is 0 Å². The van der Waals surface area contributed by atoms with Crippen molar-refractivity contribution in [2.75, 3.05) is 4.72 Å². The van der Waals surface area contributed by atoms with Crippen molar-refractivity contribution in [3.8, 4) is 0 Å². The van der Waals surface area contributed by atoms with Crippen LogP contribution in [0.4, 0.5) is 17.1 Å². The lowest BCUT2D eigenvalue weighted by atomic mass is 10.1. The molecule has 0 unspecified atom stereocenters. The molecule has 0 aliphatic rings. The summed E-state index contributed by atoms with van der Waals surface area (Å²) in [5.41, 5.74) is 0.616. The molecule has 0 radical (unpaired) electrons. The molecule has 2 aromatic carbocycles. The number of anilines is 1. The van der Waals surface area contributed by atoms with Gasteiger partial charge in [0.25, 0.3) is 21.4 Å². The number of rotatable bonds is 5. The van der Waals surface area contributed by atoms with Gasteiger partial charge in [-0.05, 0) is 43.2 Å². The fourth-order valence-electron chi connectivity index (χ4n) is 2.00. The van der Waals surface area contributed by atoms with E-state index < -0.39 is 36.1 Å². The minimum Gasteiger partial charge on any atom is -0.279 e. The van der Waals surface area contributed by atoms with E-state index in [1.54, 1.807) is 19.1 Å². The molecule has 2 aromatic rings. The average Bonchev–Trinajstić information content (AvgIpc) is 2.50. The van der Waals surface area contributed by atoms with Crippen molar-refractivity contribution in [1.82, 2.24) is 0 Å². The normalized spacial score (nSPS) is 11.1. The highest BCUT2D eigenvalue weighted by Crippen LogP contribution is 2.30. The van der Waals surface area contributed by atoms with Crippen LogP contribution >= 0.6 is 0 Å². The molecular weight excluding hydrogens is 338 g/mol. The molecule has 2 rings (SSSR count). The second kappa shape index (κ2) is 6.24. The lowest BCUT2D eigenvalue weighted by molar-refractivity contribution is -0.396. The highest BCUT2D eigenvalue weighted by molar-refractivity contribution is 7.92. The molecule has 0 spiro atoms. The minimum absolute atomic E-state index is 0.241. The molecule has 0 saturated heterocycles. The SMILES string of the molecule is Cc1ccc(NS(=O)(=O)c2ccc([N+](=O)[O-])cc2[N+](=O)[O-])cc1C. The quantitative estimate of drug-likeness (QED) is 0.650. The number of hydrogen-bond donors (Lipinski definition) is 1. The molecule has 126 valence electrons. The summed E-state index contributed by atoms with van der Waals surface area (Å²) < 4.78 is 27.1. The first-order valence-electron chi connectivity index (χ1n) is 6.65. The molecular formula is C14H13N3O6S. The van der Waals surface area contributed by atoms with Crippen LogP contribution in [0.25, 0.3) is 0 Å². The van der Waals surface area contributed by atoms with Gasteiger partial charge >= 0.3 is 0 Å². The van der Waals surface area contributed by atoms with E-state index in [0.29, 0.717) is 6.07 Å². The van der Waals surface area contributed by atoms with Crippen molar-refractivity contribution < 1.29 is 18.3 Å². The highest BCUT2D eigenvalue weighted by atomic mass is 32.2. The van der Waals surface area contributed by atoms with E-state index in [-0.39, 0.29) is 5.69 Å². The molecule has 0 aliphatic carbocycles. The number of sulfonamides is 1. The molecule has 0 atom stereocenters. The van der Waals surface area contributed by atoms with E-state index in [2.05, 4.69) is 4.72 Å². The Morgan fingerprint density at radius 3 is 2.12 bits per heavy atom. The number of nitro groups is 2. The van der Waals surface area contributed by atoms with Gasteiger partial charge in [-0.1, -0.05) is 6.07 Å². The standard InChI is InChI=1S/C14H13N3O6S/c1-9-3-4-11(7-10(9)2)15-24(22,23)14-6-5-12(16(18)19)8-13(14)17(20)21/h3-8,15H,1-2H3. The van der Waals surface area contributed by atoms with E-state index in [9.17, 15) is 28.6 Å². The molecule has 24 heavy (non-hydrogen) atoms. The Kier molecular flexibility index (Phi) is 4.51. The largest absolute Gasteiger partial charge is 0.296 e. The summed E-state index contributed by atoms with van der Waals surface area (Å²) >= 11 is 0. The summed E-state index contributed by atoms with van der Waals surface area (Å²) in [6.45, 7) is 3.65. The Bertz CT molecular complexity index is 940. The fourth-order valence-corrected chi connectivity index (χ4v) is 3.21. The van der Waals surface area contributed by atoms with Crippen LogP contribution in [0.15, 0.2) is 41.3 Å². The predicted octanol–water partition coefficient (Wildman–Crippen LogP) is 2.92. The first-order valence-corrected chi connectivity index (χ1v) is 8.13. The van der Waals surface area contributed by atoms with Crippen molar-refractivity contribution in [2.45, 2.75) is 18.7 Å². The number of nitro benzene ring substituents is 2. The van der Waals surface area contributed by atoms with E-state index in [0.717, 1.165) is 23.3 Å².